The van der Waals surface area contributed by atoms with E-state index in [-0.39, 0.29) is 24.7 Å². The van der Waals surface area contributed by atoms with Crippen LogP contribution in [0.5, 0.6) is 5.75 Å². The van der Waals surface area contributed by atoms with Gasteiger partial charge in [0.2, 0.25) is 5.89 Å². The molecule has 1 aliphatic rings. The molecule has 1 aromatic heterocycles. The molecule has 20 heavy (non-hydrogen) atoms. The average molecular weight is 274 g/mol. The highest BCUT2D eigenvalue weighted by molar-refractivity contribution is 5.81. The lowest BCUT2D eigenvalue weighted by atomic mass is 10.0. The van der Waals surface area contributed by atoms with Gasteiger partial charge < -0.3 is 14.0 Å². The summed E-state index contributed by atoms with van der Waals surface area (Å²) in [6.45, 7) is 0.539. The summed E-state index contributed by atoms with van der Waals surface area (Å²) in [6, 6.07) is 7.77. The van der Waals surface area contributed by atoms with E-state index < -0.39 is 0 Å². The van der Waals surface area contributed by atoms with Crippen molar-refractivity contribution in [3.63, 3.8) is 0 Å². The number of benzene rings is 1. The summed E-state index contributed by atoms with van der Waals surface area (Å²) in [4.78, 5) is 15.7. The molecule has 1 aromatic carbocycles. The fraction of sp³-hybridized carbons (Fsp3) is 0.357. The molecular weight excluding hydrogens is 260 g/mol. The van der Waals surface area contributed by atoms with Crippen molar-refractivity contribution in [3.05, 3.63) is 41.5 Å². The van der Waals surface area contributed by atoms with Gasteiger partial charge in [-0.1, -0.05) is 23.4 Å². The molecule has 6 heteroatoms. The van der Waals surface area contributed by atoms with Gasteiger partial charge in [-0.05, 0) is 6.07 Å². The monoisotopic (exact) mass is 274 g/mol. The van der Waals surface area contributed by atoms with Crippen LogP contribution in [0.1, 0.15) is 23.2 Å². The standard InChI is InChI=1S/C14H14N2O4/c1-18-7-9(17)6-13-15-14(16-20-13)11-8-19-12-5-3-2-4-10(11)12/h2-5,11H,6-8H2,1H3. The van der Waals surface area contributed by atoms with Gasteiger partial charge in [0.1, 0.15) is 19.0 Å². The lowest BCUT2D eigenvalue weighted by molar-refractivity contribution is -0.122. The van der Waals surface area contributed by atoms with Crippen molar-refractivity contribution >= 4 is 5.78 Å². The van der Waals surface area contributed by atoms with E-state index in [1.807, 2.05) is 24.3 Å². The molecule has 0 aliphatic carbocycles. The number of aromatic nitrogens is 2. The fourth-order valence-electron chi connectivity index (χ4n) is 2.24. The Balaban J connectivity index is 1.76. The third kappa shape index (κ3) is 2.42. The van der Waals surface area contributed by atoms with Crippen molar-refractivity contribution in [1.82, 2.24) is 10.1 Å². The predicted molar refractivity (Wildman–Crippen MR) is 68.7 cm³/mol. The average Bonchev–Trinajstić information content (AvgIpc) is 3.05. The van der Waals surface area contributed by atoms with E-state index in [0.29, 0.717) is 18.3 Å². The number of nitrogens with zero attached hydrogens (tertiary/aromatic N) is 2. The second kappa shape index (κ2) is 5.42. The van der Waals surface area contributed by atoms with Crippen LogP contribution in [0.3, 0.4) is 0 Å². The molecule has 3 rings (SSSR count). The van der Waals surface area contributed by atoms with Crippen LogP contribution < -0.4 is 4.74 Å². The highest BCUT2D eigenvalue weighted by atomic mass is 16.5. The lowest BCUT2D eigenvalue weighted by Gasteiger charge is -2.01. The summed E-state index contributed by atoms with van der Waals surface area (Å²) in [5, 5.41) is 3.95. The van der Waals surface area contributed by atoms with E-state index in [1.165, 1.54) is 7.11 Å². The van der Waals surface area contributed by atoms with Crippen molar-refractivity contribution in [2.45, 2.75) is 12.3 Å². The third-order valence-electron chi connectivity index (χ3n) is 3.15. The Hall–Kier alpha value is -2.21. The van der Waals surface area contributed by atoms with Crippen LogP contribution in [-0.4, -0.2) is 36.2 Å². The highest BCUT2D eigenvalue weighted by Gasteiger charge is 2.29. The summed E-state index contributed by atoms with van der Waals surface area (Å²) in [5.74, 6) is 1.58. The number of Topliss-reactive ketones (excluding diaryl/α,β-unsaturated/α-hetero) is 1. The molecule has 0 saturated heterocycles. The van der Waals surface area contributed by atoms with E-state index in [0.717, 1.165) is 11.3 Å². The van der Waals surface area contributed by atoms with Gasteiger partial charge in [-0.3, -0.25) is 4.79 Å². The van der Waals surface area contributed by atoms with Crippen molar-refractivity contribution in [2.75, 3.05) is 20.3 Å². The molecule has 104 valence electrons. The number of carbonyl (C=O) groups is 1. The molecule has 1 atom stereocenters. The Morgan fingerprint density at radius 3 is 3.15 bits per heavy atom. The van der Waals surface area contributed by atoms with E-state index in [4.69, 9.17) is 14.0 Å². The summed E-state index contributed by atoms with van der Waals surface area (Å²) < 4.78 is 15.5. The molecule has 0 bridgehead atoms. The highest BCUT2D eigenvalue weighted by Crippen LogP contribution is 2.36. The van der Waals surface area contributed by atoms with Gasteiger partial charge in [0.05, 0.1) is 12.3 Å². The number of hydrogen-bond acceptors (Lipinski definition) is 6. The van der Waals surface area contributed by atoms with E-state index >= 15 is 0 Å². The summed E-state index contributed by atoms with van der Waals surface area (Å²) >= 11 is 0. The number of ether oxygens (including phenoxy) is 2. The SMILES string of the molecule is COCC(=O)Cc1nc(C2COc3ccccc32)no1. The first-order chi connectivity index (χ1) is 9.78. The molecule has 0 spiro atoms. The summed E-state index contributed by atoms with van der Waals surface area (Å²) in [5.41, 5.74) is 1.04. The first kappa shape index (κ1) is 12.8. The maximum Gasteiger partial charge on any atom is 0.234 e. The molecule has 0 amide bonds. The number of fused-ring (bicyclic) bond motifs is 1. The zero-order valence-corrected chi connectivity index (χ0v) is 11.0. The Morgan fingerprint density at radius 2 is 2.30 bits per heavy atom. The normalized spacial score (nSPS) is 16.8. The zero-order chi connectivity index (χ0) is 13.9. The third-order valence-corrected chi connectivity index (χ3v) is 3.15. The Labute approximate surface area is 115 Å². The molecule has 6 nitrogen and oxygen atoms in total. The first-order valence-electron chi connectivity index (χ1n) is 6.32. The Morgan fingerprint density at radius 1 is 1.45 bits per heavy atom. The smallest absolute Gasteiger partial charge is 0.234 e. The maximum absolute atomic E-state index is 11.5. The number of hydrogen-bond donors (Lipinski definition) is 0. The minimum absolute atomic E-state index is 0.0405. The van der Waals surface area contributed by atoms with Crippen LogP contribution in [0.15, 0.2) is 28.8 Å². The van der Waals surface area contributed by atoms with Crippen molar-refractivity contribution < 1.29 is 18.8 Å². The molecule has 1 aliphatic heterocycles. The van der Waals surface area contributed by atoms with E-state index in [9.17, 15) is 4.79 Å². The lowest BCUT2D eigenvalue weighted by Crippen LogP contribution is -2.10. The molecule has 0 saturated carbocycles. The van der Waals surface area contributed by atoms with Crippen LogP contribution in [0.4, 0.5) is 0 Å². The molecule has 1 unspecified atom stereocenters. The van der Waals surface area contributed by atoms with Crippen molar-refractivity contribution in [3.8, 4) is 5.75 Å². The first-order valence-corrected chi connectivity index (χ1v) is 6.32. The maximum atomic E-state index is 11.5. The summed E-state index contributed by atoms with van der Waals surface area (Å²) in [6.07, 6.45) is 0.0933. The van der Waals surface area contributed by atoms with Crippen LogP contribution >= 0.6 is 0 Å². The number of rotatable bonds is 5. The number of methoxy groups -OCH3 is 1. The largest absolute Gasteiger partial charge is 0.492 e. The molecule has 0 fully saturated rings. The zero-order valence-electron chi connectivity index (χ0n) is 11.0. The number of para-hydroxylation sites is 1. The van der Waals surface area contributed by atoms with Gasteiger partial charge in [0.25, 0.3) is 0 Å². The summed E-state index contributed by atoms with van der Waals surface area (Å²) in [7, 11) is 1.48. The Bertz CT molecular complexity index is 623. The quantitative estimate of drug-likeness (QED) is 0.819. The van der Waals surface area contributed by atoms with Crippen molar-refractivity contribution in [1.29, 1.82) is 0 Å². The predicted octanol–water partition coefficient (Wildman–Crippen LogP) is 1.35. The van der Waals surface area contributed by atoms with E-state index in [1.54, 1.807) is 0 Å². The minimum atomic E-state index is -0.0919. The van der Waals surface area contributed by atoms with Gasteiger partial charge in [0, 0.05) is 12.7 Å². The topological polar surface area (TPSA) is 74.5 Å². The number of carbonyl (C=O) groups excluding carboxylic acids is 1. The number of ketones is 1. The van der Waals surface area contributed by atoms with Crippen LogP contribution in [-0.2, 0) is 16.0 Å². The van der Waals surface area contributed by atoms with Crippen LogP contribution in [0.25, 0.3) is 0 Å². The van der Waals surface area contributed by atoms with Crippen molar-refractivity contribution in [2.24, 2.45) is 0 Å². The Kier molecular flexibility index (Phi) is 3.47. The van der Waals surface area contributed by atoms with Gasteiger partial charge in [0.15, 0.2) is 11.6 Å². The van der Waals surface area contributed by atoms with E-state index in [2.05, 4.69) is 10.1 Å². The fourth-order valence-corrected chi connectivity index (χ4v) is 2.24. The second-order valence-corrected chi connectivity index (χ2v) is 4.60. The second-order valence-electron chi connectivity index (χ2n) is 4.60. The van der Waals surface area contributed by atoms with Gasteiger partial charge in [-0.2, -0.15) is 4.98 Å². The minimum Gasteiger partial charge on any atom is -0.492 e. The molecule has 2 heterocycles. The molecule has 2 aromatic rings. The molecular formula is C14H14N2O4. The van der Waals surface area contributed by atoms with Gasteiger partial charge in [-0.25, -0.2) is 0 Å². The molecule has 0 radical (unpaired) electrons. The van der Waals surface area contributed by atoms with Crippen LogP contribution in [0.2, 0.25) is 0 Å². The van der Waals surface area contributed by atoms with Gasteiger partial charge >= 0.3 is 0 Å². The van der Waals surface area contributed by atoms with Crippen LogP contribution in [0, 0.1) is 0 Å². The van der Waals surface area contributed by atoms with Gasteiger partial charge in [-0.15, -0.1) is 0 Å². The molecule has 0 N–H and O–H groups in total.